The lowest BCUT2D eigenvalue weighted by atomic mass is 10.1. The molecule has 0 saturated heterocycles. The largest absolute Gasteiger partial charge is 0.338 e. The fourth-order valence-corrected chi connectivity index (χ4v) is 1.99. The lowest BCUT2D eigenvalue weighted by molar-refractivity contribution is 0.0742. The van der Waals surface area contributed by atoms with E-state index in [-0.39, 0.29) is 5.56 Å². The molecule has 0 atom stereocenters. The molecule has 0 aliphatic heterocycles. The van der Waals surface area contributed by atoms with E-state index in [4.69, 9.17) is 0 Å². The maximum absolute atomic E-state index is 13.6. The number of nitrogens with zero attached hydrogens (tertiary/aromatic N) is 1. The first-order valence-corrected chi connectivity index (χ1v) is 6.36. The van der Waals surface area contributed by atoms with Gasteiger partial charge >= 0.3 is 0 Å². The van der Waals surface area contributed by atoms with Crippen LogP contribution in [0.25, 0.3) is 0 Å². The number of hydrogen-bond donors (Lipinski definition) is 0. The van der Waals surface area contributed by atoms with Crippen molar-refractivity contribution in [3.63, 3.8) is 0 Å². The van der Waals surface area contributed by atoms with E-state index in [9.17, 15) is 13.6 Å². The van der Waals surface area contributed by atoms with Gasteiger partial charge < -0.3 is 4.90 Å². The van der Waals surface area contributed by atoms with Crippen LogP contribution in [0.3, 0.4) is 0 Å². The van der Waals surface area contributed by atoms with Crippen molar-refractivity contribution in [2.75, 3.05) is 13.1 Å². The van der Waals surface area contributed by atoms with Crippen molar-refractivity contribution in [2.24, 2.45) is 5.92 Å². The first-order valence-electron chi connectivity index (χ1n) is 6.36. The molecule has 98 valence electrons. The number of hydrogen-bond acceptors (Lipinski definition) is 1. The minimum atomic E-state index is -0.654. The molecule has 0 heterocycles. The molecule has 0 N–H and O–H groups in total. The summed E-state index contributed by atoms with van der Waals surface area (Å²) in [6.07, 6.45) is 3.06. The monoisotopic (exact) mass is 253 g/mol. The number of benzene rings is 1. The van der Waals surface area contributed by atoms with Crippen LogP contribution in [0.5, 0.6) is 0 Å². The van der Waals surface area contributed by atoms with E-state index in [0.717, 1.165) is 37.5 Å². The van der Waals surface area contributed by atoms with Crippen molar-refractivity contribution in [2.45, 2.75) is 26.2 Å². The highest BCUT2D eigenvalue weighted by atomic mass is 19.1. The Bertz CT molecular complexity index is 443. The summed E-state index contributed by atoms with van der Waals surface area (Å²) in [5.41, 5.74) is -0.163. The van der Waals surface area contributed by atoms with E-state index in [1.807, 2.05) is 6.92 Å². The Balaban J connectivity index is 2.17. The quantitative estimate of drug-likeness (QED) is 0.789. The van der Waals surface area contributed by atoms with Gasteiger partial charge in [0.05, 0.1) is 5.56 Å². The van der Waals surface area contributed by atoms with Gasteiger partial charge in [-0.2, -0.15) is 0 Å². The lowest BCUT2D eigenvalue weighted by Gasteiger charge is -2.22. The van der Waals surface area contributed by atoms with Crippen molar-refractivity contribution in [1.29, 1.82) is 0 Å². The van der Waals surface area contributed by atoms with Crippen LogP contribution in [-0.2, 0) is 0 Å². The summed E-state index contributed by atoms with van der Waals surface area (Å²) in [5.74, 6) is -1.10. The third-order valence-corrected chi connectivity index (χ3v) is 3.12. The molecule has 4 heteroatoms. The molecule has 0 unspecified atom stereocenters. The number of carbonyl (C=O) groups is 1. The third kappa shape index (κ3) is 3.06. The van der Waals surface area contributed by atoms with E-state index in [1.165, 1.54) is 0 Å². The minimum absolute atomic E-state index is 0.163. The molecule has 0 bridgehead atoms. The van der Waals surface area contributed by atoms with Crippen LogP contribution in [0.1, 0.15) is 36.5 Å². The predicted molar refractivity (Wildman–Crippen MR) is 65.3 cm³/mol. The molecule has 1 aliphatic rings. The molecule has 1 fully saturated rings. The molecule has 1 aromatic rings. The van der Waals surface area contributed by atoms with E-state index in [0.29, 0.717) is 19.0 Å². The second-order valence-corrected chi connectivity index (χ2v) is 4.82. The Kier molecular flexibility index (Phi) is 3.94. The Labute approximate surface area is 106 Å². The summed E-state index contributed by atoms with van der Waals surface area (Å²) in [4.78, 5) is 13.8. The van der Waals surface area contributed by atoms with Gasteiger partial charge in [-0.1, -0.05) is 6.92 Å². The highest BCUT2D eigenvalue weighted by Crippen LogP contribution is 2.30. The second-order valence-electron chi connectivity index (χ2n) is 4.82. The summed E-state index contributed by atoms with van der Waals surface area (Å²) < 4.78 is 26.7. The van der Waals surface area contributed by atoms with Crippen molar-refractivity contribution in [1.82, 2.24) is 4.90 Å². The normalized spacial score (nSPS) is 14.6. The summed E-state index contributed by atoms with van der Waals surface area (Å²) in [5, 5.41) is 0. The van der Waals surface area contributed by atoms with Gasteiger partial charge in [0.1, 0.15) is 11.6 Å². The van der Waals surface area contributed by atoms with Crippen LogP contribution in [0, 0.1) is 17.6 Å². The highest BCUT2D eigenvalue weighted by molar-refractivity contribution is 5.94. The van der Waals surface area contributed by atoms with Gasteiger partial charge in [0.15, 0.2) is 0 Å². The average Bonchev–Trinajstić information content (AvgIpc) is 3.15. The Morgan fingerprint density at radius 1 is 1.39 bits per heavy atom. The summed E-state index contributed by atoms with van der Waals surface area (Å²) >= 11 is 0. The second kappa shape index (κ2) is 5.46. The molecular formula is C14H17F2NO. The smallest absolute Gasteiger partial charge is 0.256 e. The molecule has 18 heavy (non-hydrogen) atoms. The summed E-state index contributed by atoms with van der Waals surface area (Å²) in [6, 6.07) is 3.01. The minimum Gasteiger partial charge on any atom is -0.338 e. The first kappa shape index (κ1) is 13.0. The Morgan fingerprint density at radius 3 is 2.72 bits per heavy atom. The number of carbonyl (C=O) groups excluding carboxylic acids is 1. The zero-order valence-electron chi connectivity index (χ0n) is 10.5. The molecule has 1 aromatic carbocycles. The molecule has 0 aromatic heterocycles. The lowest BCUT2D eigenvalue weighted by Crippen LogP contribution is -2.34. The molecule has 1 amide bonds. The molecule has 0 radical (unpaired) electrons. The molecule has 2 rings (SSSR count). The summed E-state index contributed by atoms with van der Waals surface area (Å²) in [6.45, 7) is 3.21. The van der Waals surface area contributed by atoms with E-state index < -0.39 is 17.5 Å². The molecule has 2 nitrogen and oxygen atoms in total. The van der Waals surface area contributed by atoms with E-state index >= 15 is 0 Å². The van der Waals surface area contributed by atoms with Gasteiger partial charge in [0, 0.05) is 13.1 Å². The maximum atomic E-state index is 13.6. The molecule has 0 spiro atoms. The van der Waals surface area contributed by atoms with Crippen LogP contribution in [0.4, 0.5) is 8.78 Å². The zero-order valence-corrected chi connectivity index (χ0v) is 10.5. The van der Waals surface area contributed by atoms with E-state index in [1.54, 1.807) is 4.90 Å². The van der Waals surface area contributed by atoms with Crippen molar-refractivity contribution in [3.8, 4) is 0 Å². The van der Waals surface area contributed by atoms with Gasteiger partial charge in [-0.3, -0.25) is 4.79 Å². The first-order chi connectivity index (χ1) is 8.61. The zero-order chi connectivity index (χ0) is 13.1. The van der Waals surface area contributed by atoms with Gasteiger partial charge in [-0.15, -0.1) is 0 Å². The van der Waals surface area contributed by atoms with E-state index in [2.05, 4.69) is 0 Å². The van der Waals surface area contributed by atoms with Crippen LogP contribution in [-0.4, -0.2) is 23.9 Å². The average molecular weight is 253 g/mol. The van der Waals surface area contributed by atoms with Crippen LogP contribution >= 0.6 is 0 Å². The van der Waals surface area contributed by atoms with Crippen LogP contribution < -0.4 is 0 Å². The third-order valence-electron chi connectivity index (χ3n) is 3.12. The highest BCUT2D eigenvalue weighted by Gasteiger charge is 2.28. The fourth-order valence-electron chi connectivity index (χ4n) is 1.99. The van der Waals surface area contributed by atoms with Crippen LogP contribution in [0.15, 0.2) is 18.2 Å². The summed E-state index contributed by atoms with van der Waals surface area (Å²) in [7, 11) is 0. The van der Waals surface area contributed by atoms with Gasteiger partial charge in [-0.25, -0.2) is 8.78 Å². The van der Waals surface area contributed by atoms with Crippen molar-refractivity contribution >= 4 is 5.91 Å². The standard InChI is InChI=1S/C14H17F2NO/c1-2-7-17(9-10-3-4-10)14(18)12-8-11(15)5-6-13(12)16/h5-6,8,10H,2-4,7,9H2,1H3. The van der Waals surface area contributed by atoms with Crippen LogP contribution in [0.2, 0.25) is 0 Å². The maximum Gasteiger partial charge on any atom is 0.256 e. The van der Waals surface area contributed by atoms with Gasteiger partial charge in [-0.05, 0) is 43.4 Å². The number of rotatable bonds is 5. The number of amides is 1. The van der Waals surface area contributed by atoms with Crippen molar-refractivity contribution in [3.05, 3.63) is 35.4 Å². The topological polar surface area (TPSA) is 20.3 Å². The Hall–Kier alpha value is -1.45. The molecule has 1 saturated carbocycles. The molecule has 1 aliphatic carbocycles. The van der Waals surface area contributed by atoms with Gasteiger partial charge in [0.2, 0.25) is 0 Å². The van der Waals surface area contributed by atoms with Crippen molar-refractivity contribution < 1.29 is 13.6 Å². The molecular weight excluding hydrogens is 236 g/mol. The van der Waals surface area contributed by atoms with Gasteiger partial charge in [0.25, 0.3) is 5.91 Å². The SMILES string of the molecule is CCCN(CC1CC1)C(=O)c1cc(F)ccc1F. The Morgan fingerprint density at radius 2 is 2.11 bits per heavy atom. The number of halogens is 2. The predicted octanol–water partition coefficient (Wildman–Crippen LogP) is 3.23. The fraction of sp³-hybridized carbons (Fsp3) is 0.500.